The van der Waals surface area contributed by atoms with Gasteiger partial charge in [-0.3, -0.25) is 24.1 Å². The van der Waals surface area contributed by atoms with Crippen molar-refractivity contribution in [3.63, 3.8) is 0 Å². The molecular formula is C36H26N2O6. The van der Waals surface area contributed by atoms with Crippen molar-refractivity contribution in [3.8, 4) is 17.2 Å². The molecule has 1 aromatic heterocycles. The van der Waals surface area contributed by atoms with E-state index in [4.69, 9.17) is 4.42 Å². The van der Waals surface area contributed by atoms with Gasteiger partial charge in [-0.1, -0.05) is 35.9 Å². The van der Waals surface area contributed by atoms with Gasteiger partial charge in [-0.2, -0.15) is 0 Å². The number of imide groups is 1. The van der Waals surface area contributed by atoms with Crippen LogP contribution < -0.4 is 4.90 Å². The van der Waals surface area contributed by atoms with Crippen molar-refractivity contribution in [2.45, 2.75) is 25.7 Å². The molecule has 3 aliphatic carbocycles. The molecule has 8 rings (SSSR count). The van der Waals surface area contributed by atoms with Crippen LogP contribution in [0.25, 0.3) is 22.6 Å². The minimum absolute atomic E-state index is 0.0440. The molecule has 0 saturated carbocycles. The lowest BCUT2D eigenvalue weighted by Gasteiger charge is -2.42. The van der Waals surface area contributed by atoms with E-state index in [1.54, 1.807) is 49.4 Å². The van der Waals surface area contributed by atoms with Gasteiger partial charge >= 0.3 is 0 Å². The second kappa shape index (κ2) is 9.57. The zero-order valence-corrected chi connectivity index (χ0v) is 23.7. The van der Waals surface area contributed by atoms with E-state index >= 15 is 0 Å². The van der Waals surface area contributed by atoms with Crippen LogP contribution in [-0.2, 0) is 19.2 Å². The number of nitrogens with zero attached hydrogens (tertiary/aromatic N) is 2. The van der Waals surface area contributed by atoms with E-state index in [9.17, 15) is 24.3 Å². The van der Waals surface area contributed by atoms with Crippen LogP contribution in [0.2, 0.25) is 0 Å². The summed E-state index contributed by atoms with van der Waals surface area (Å²) in [4.78, 5) is 60.6. The molecule has 0 spiro atoms. The number of hydrogen-bond acceptors (Lipinski definition) is 7. The number of fused-ring (bicyclic) bond motifs is 4. The van der Waals surface area contributed by atoms with Gasteiger partial charge in [0.25, 0.3) is 0 Å². The molecule has 4 aromatic rings. The first kappa shape index (κ1) is 26.3. The molecule has 0 unspecified atom stereocenters. The number of carbonyl (C=O) groups excluding carboxylic acids is 4. The standard InChI is InChI=1S/C36H26N2O6/c1-18-15-28(40)26-17-25-23(30(32(26)33(18)41)20-5-4-6-22(39)16-20)13-14-24-31(25)36(43)38(35(24)42)21-11-9-19(10-12-21)34-37-27-7-2-3-8-29(27)44-34/h2-13,15-16,24-25,30-31,39H,14,17H2,1H3/t24-,25+,30-,31-/m0/s1. The number of aromatic hydroxyl groups is 1. The Labute approximate surface area is 252 Å². The predicted octanol–water partition coefficient (Wildman–Crippen LogP) is 5.83. The van der Waals surface area contributed by atoms with Crippen molar-refractivity contribution in [2.75, 3.05) is 4.90 Å². The second-order valence-corrected chi connectivity index (χ2v) is 11.9. The Morgan fingerprint density at radius 1 is 0.909 bits per heavy atom. The van der Waals surface area contributed by atoms with E-state index in [1.165, 1.54) is 11.0 Å². The number of phenols is 1. The zero-order valence-electron chi connectivity index (χ0n) is 23.7. The van der Waals surface area contributed by atoms with Gasteiger partial charge in [0.05, 0.1) is 17.5 Å². The highest BCUT2D eigenvalue weighted by Gasteiger charge is 2.56. The molecule has 1 fully saturated rings. The van der Waals surface area contributed by atoms with Crippen LogP contribution in [0.3, 0.4) is 0 Å². The summed E-state index contributed by atoms with van der Waals surface area (Å²) in [6.07, 6.45) is 3.88. The molecule has 1 aliphatic heterocycles. The SMILES string of the molecule is CC1=CC(=O)C2=C(C1=O)[C@@H](c1cccc(O)c1)C1=CC[C@@H]3C(=O)N(c4ccc(-c5nc6ccccc6o5)cc4)C(=O)[C@@H]3[C@@H]1C2. The van der Waals surface area contributed by atoms with Crippen LogP contribution in [-0.4, -0.2) is 33.5 Å². The highest BCUT2D eigenvalue weighted by atomic mass is 16.3. The van der Waals surface area contributed by atoms with Crippen molar-refractivity contribution < 1.29 is 28.7 Å². The topological polar surface area (TPSA) is 118 Å². The number of amides is 2. The maximum absolute atomic E-state index is 14.2. The Morgan fingerprint density at radius 3 is 2.48 bits per heavy atom. The number of anilines is 1. The summed E-state index contributed by atoms with van der Waals surface area (Å²) in [5.74, 6) is -2.84. The van der Waals surface area contributed by atoms with Crippen LogP contribution in [0.5, 0.6) is 5.75 Å². The highest BCUT2D eigenvalue weighted by molar-refractivity contribution is 6.25. The van der Waals surface area contributed by atoms with Gasteiger partial charge in [-0.25, -0.2) is 4.98 Å². The Balaban J connectivity index is 1.16. The van der Waals surface area contributed by atoms with Crippen LogP contribution in [0.4, 0.5) is 5.69 Å². The van der Waals surface area contributed by atoms with E-state index in [2.05, 4.69) is 4.98 Å². The monoisotopic (exact) mass is 582 g/mol. The zero-order chi connectivity index (χ0) is 30.3. The molecule has 0 radical (unpaired) electrons. The average Bonchev–Trinajstić information content (AvgIpc) is 3.57. The summed E-state index contributed by atoms with van der Waals surface area (Å²) in [5.41, 5.74) is 5.26. The van der Waals surface area contributed by atoms with Gasteiger partial charge in [0.15, 0.2) is 17.1 Å². The molecule has 1 N–H and O–H groups in total. The number of benzene rings is 3. The lowest BCUT2D eigenvalue weighted by atomic mass is 9.59. The van der Waals surface area contributed by atoms with Crippen molar-refractivity contribution in [2.24, 2.45) is 17.8 Å². The summed E-state index contributed by atoms with van der Waals surface area (Å²) in [5, 5.41) is 10.3. The maximum atomic E-state index is 14.2. The Bertz CT molecular complexity index is 2010. The van der Waals surface area contributed by atoms with Crippen molar-refractivity contribution in [3.05, 3.63) is 113 Å². The molecule has 8 heteroatoms. The molecular weight excluding hydrogens is 556 g/mol. The summed E-state index contributed by atoms with van der Waals surface area (Å²) >= 11 is 0. The smallest absolute Gasteiger partial charge is 0.238 e. The number of para-hydroxylation sites is 2. The highest BCUT2D eigenvalue weighted by Crippen LogP contribution is 2.55. The third kappa shape index (κ3) is 3.80. The fraction of sp³-hybridized carbons (Fsp3) is 0.194. The van der Waals surface area contributed by atoms with E-state index in [1.807, 2.05) is 36.4 Å². The minimum atomic E-state index is -0.678. The van der Waals surface area contributed by atoms with Gasteiger partial charge in [0.1, 0.15) is 11.3 Å². The van der Waals surface area contributed by atoms with Gasteiger partial charge in [-0.15, -0.1) is 0 Å². The van der Waals surface area contributed by atoms with Crippen LogP contribution in [0, 0.1) is 17.8 Å². The number of Topliss-reactive ketones (excluding diaryl/α,β-unsaturated/α-hetero) is 1. The second-order valence-electron chi connectivity index (χ2n) is 11.9. The van der Waals surface area contributed by atoms with Crippen molar-refractivity contribution in [1.82, 2.24) is 4.98 Å². The number of rotatable bonds is 3. The molecule has 4 aliphatic rings. The van der Waals surface area contributed by atoms with Gasteiger partial charge in [0.2, 0.25) is 17.7 Å². The number of carbonyl (C=O) groups is 4. The molecule has 44 heavy (non-hydrogen) atoms. The lowest BCUT2D eigenvalue weighted by Crippen LogP contribution is -2.39. The van der Waals surface area contributed by atoms with Gasteiger partial charge < -0.3 is 9.52 Å². The fourth-order valence-corrected chi connectivity index (χ4v) is 7.45. The third-order valence-electron chi connectivity index (χ3n) is 9.43. The number of ketones is 2. The Morgan fingerprint density at radius 2 is 1.70 bits per heavy atom. The lowest BCUT2D eigenvalue weighted by molar-refractivity contribution is -0.123. The van der Waals surface area contributed by atoms with E-state index in [-0.39, 0.29) is 35.6 Å². The molecule has 8 nitrogen and oxygen atoms in total. The summed E-state index contributed by atoms with van der Waals surface area (Å²) in [6.45, 7) is 1.63. The molecule has 2 heterocycles. The van der Waals surface area contributed by atoms with E-state index < -0.39 is 23.7 Å². The molecule has 4 atom stereocenters. The molecule has 0 bridgehead atoms. The fourth-order valence-electron chi connectivity index (χ4n) is 7.45. The van der Waals surface area contributed by atoms with Gasteiger partial charge in [0, 0.05) is 28.2 Å². The average molecular weight is 583 g/mol. The molecule has 3 aromatic carbocycles. The first-order chi connectivity index (χ1) is 21.3. The van der Waals surface area contributed by atoms with E-state index in [0.717, 1.165) is 16.7 Å². The third-order valence-corrected chi connectivity index (χ3v) is 9.43. The van der Waals surface area contributed by atoms with Crippen LogP contribution >= 0.6 is 0 Å². The number of aromatic nitrogens is 1. The van der Waals surface area contributed by atoms with E-state index in [0.29, 0.717) is 45.9 Å². The number of hydrogen-bond donors (Lipinski definition) is 1. The van der Waals surface area contributed by atoms with Gasteiger partial charge in [-0.05, 0) is 85.9 Å². The first-order valence-electron chi connectivity index (χ1n) is 14.6. The first-order valence-corrected chi connectivity index (χ1v) is 14.6. The van der Waals surface area contributed by atoms with Crippen molar-refractivity contribution in [1.29, 1.82) is 0 Å². The summed E-state index contributed by atoms with van der Waals surface area (Å²) < 4.78 is 5.88. The number of allylic oxidation sites excluding steroid dienone is 6. The number of oxazole rings is 1. The summed E-state index contributed by atoms with van der Waals surface area (Å²) in [7, 11) is 0. The largest absolute Gasteiger partial charge is 0.508 e. The van der Waals surface area contributed by atoms with Crippen LogP contribution in [0.15, 0.2) is 112 Å². The van der Waals surface area contributed by atoms with Crippen molar-refractivity contribution >= 4 is 40.2 Å². The van der Waals surface area contributed by atoms with Crippen LogP contribution in [0.1, 0.15) is 31.2 Å². The molecule has 216 valence electrons. The minimum Gasteiger partial charge on any atom is -0.508 e. The normalized spacial score (nSPS) is 24.7. The maximum Gasteiger partial charge on any atom is 0.238 e. The number of phenolic OH excluding ortho intramolecular Hbond substituents is 1. The quantitative estimate of drug-likeness (QED) is 0.183. The molecule has 2 amide bonds. The predicted molar refractivity (Wildman–Crippen MR) is 161 cm³/mol. The molecule has 1 saturated heterocycles. The Kier molecular flexibility index (Phi) is 5.71. The summed E-state index contributed by atoms with van der Waals surface area (Å²) in [6, 6.07) is 21.2. The Hall–Kier alpha value is -5.37.